The molecule has 0 atom stereocenters. The third-order valence-electron chi connectivity index (χ3n) is 4.23. The van der Waals surface area contributed by atoms with Crippen molar-refractivity contribution in [1.82, 2.24) is 0 Å². The molecule has 2 rings (SSSR count). The highest BCUT2D eigenvalue weighted by molar-refractivity contribution is 5.98. The molecular formula is C17H24O3. The summed E-state index contributed by atoms with van der Waals surface area (Å²) in [5.41, 5.74) is 1.73. The third kappa shape index (κ3) is 3.33. The van der Waals surface area contributed by atoms with E-state index in [9.17, 15) is 4.79 Å². The molecule has 0 amide bonds. The zero-order chi connectivity index (χ0) is 14.5. The largest absolute Gasteiger partial charge is 0.493 e. The molecule has 1 aromatic carbocycles. The van der Waals surface area contributed by atoms with E-state index >= 15 is 0 Å². The summed E-state index contributed by atoms with van der Waals surface area (Å²) >= 11 is 0. The van der Waals surface area contributed by atoms with Crippen LogP contribution in [-0.2, 0) is 0 Å². The van der Waals surface area contributed by atoms with Crippen LogP contribution in [0.4, 0.5) is 0 Å². The zero-order valence-electron chi connectivity index (χ0n) is 12.7. The molecule has 0 heterocycles. The molecule has 0 spiro atoms. The van der Waals surface area contributed by atoms with Crippen LogP contribution in [0, 0.1) is 12.8 Å². The summed E-state index contributed by atoms with van der Waals surface area (Å²) in [6.45, 7) is 1.95. The van der Waals surface area contributed by atoms with E-state index in [0.29, 0.717) is 23.8 Å². The van der Waals surface area contributed by atoms with E-state index in [1.807, 2.05) is 19.1 Å². The first kappa shape index (κ1) is 14.9. The van der Waals surface area contributed by atoms with E-state index in [1.165, 1.54) is 32.1 Å². The van der Waals surface area contributed by atoms with Crippen LogP contribution in [0.15, 0.2) is 12.1 Å². The summed E-state index contributed by atoms with van der Waals surface area (Å²) in [5, 5.41) is 0. The minimum atomic E-state index is 0.232. The maximum absolute atomic E-state index is 12.5. The molecule has 0 radical (unpaired) electrons. The fraction of sp³-hybridized carbons (Fsp3) is 0.588. The number of ether oxygens (including phenoxy) is 2. The zero-order valence-corrected chi connectivity index (χ0v) is 12.7. The van der Waals surface area contributed by atoms with Gasteiger partial charge < -0.3 is 9.47 Å². The summed E-state index contributed by atoms with van der Waals surface area (Å²) in [7, 11) is 3.21. The first-order valence-electron chi connectivity index (χ1n) is 7.41. The van der Waals surface area contributed by atoms with Gasteiger partial charge in [0.2, 0.25) is 0 Å². The minimum absolute atomic E-state index is 0.232. The summed E-state index contributed by atoms with van der Waals surface area (Å²) < 4.78 is 10.6. The number of methoxy groups -OCH3 is 2. The Bertz CT molecular complexity index is 473. The number of carbonyl (C=O) groups is 1. The second kappa shape index (κ2) is 6.78. The Morgan fingerprint density at radius 1 is 1.10 bits per heavy atom. The van der Waals surface area contributed by atoms with E-state index in [4.69, 9.17) is 9.47 Å². The first-order chi connectivity index (χ1) is 9.65. The van der Waals surface area contributed by atoms with E-state index < -0.39 is 0 Å². The number of ketones is 1. The van der Waals surface area contributed by atoms with Crippen molar-refractivity contribution in [2.24, 2.45) is 5.92 Å². The van der Waals surface area contributed by atoms with Crippen molar-refractivity contribution in [3.8, 4) is 11.5 Å². The Balaban J connectivity index is 2.16. The highest BCUT2D eigenvalue weighted by atomic mass is 16.5. The summed E-state index contributed by atoms with van der Waals surface area (Å²) in [6, 6.07) is 3.70. The first-order valence-corrected chi connectivity index (χ1v) is 7.41. The number of Topliss-reactive ketones (excluding diaryl/α,β-unsaturated/α-hetero) is 1. The molecule has 3 nitrogen and oxygen atoms in total. The highest BCUT2D eigenvalue weighted by Crippen LogP contribution is 2.33. The Morgan fingerprint density at radius 3 is 2.30 bits per heavy atom. The Labute approximate surface area is 121 Å². The number of hydrogen-bond acceptors (Lipinski definition) is 3. The number of rotatable bonds is 5. The van der Waals surface area contributed by atoms with Crippen molar-refractivity contribution >= 4 is 5.78 Å². The van der Waals surface area contributed by atoms with Crippen LogP contribution in [-0.4, -0.2) is 20.0 Å². The van der Waals surface area contributed by atoms with Gasteiger partial charge in [-0.05, 0) is 30.5 Å². The van der Waals surface area contributed by atoms with Crippen molar-refractivity contribution in [2.75, 3.05) is 14.2 Å². The molecule has 0 aliphatic heterocycles. The molecule has 110 valence electrons. The van der Waals surface area contributed by atoms with Gasteiger partial charge in [0.15, 0.2) is 17.3 Å². The SMILES string of the molecule is COc1cc(C)c(C(=O)CC2CCCCC2)cc1OC. The Hall–Kier alpha value is -1.51. The lowest BCUT2D eigenvalue weighted by molar-refractivity contribution is 0.0949. The molecule has 0 N–H and O–H groups in total. The number of benzene rings is 1. The topological polar surface area (TPSA) is 35.5 Å². The standard InChI is InChI=1S/C17H24O3/c1-12-9-16(19-2)17(20-3)11-14(12)15(18)10-13-7-5-4-6-8-13/h9,11,13H,4-8,10H2,1-3H3. The van der Waals surface area contributed by atoms with Crippen molar-refractivity contribution < 1.29 is 14.3 Å². The van der Waals surface area contributed by atoms with Crippen LogP contribution >= 0.6 is 0 Å². The maximum Gasteiger partial charge on any atom is 0.163 e. The average molecular weight is 276 g/mol. The Morgan fingerprint density at radius 2 is 1.70 bits per heavy atom. The quantitative estimate of drug-likeness (QED) is 0.757. The molecule has 1 aromatic rings. The Kier molecular flexibility index (Phi) is 5.05. The second-order valence-corrected chi connectivity index (χ2v) is 5.65. The van der Waals surface area contributed by atoms with E-state index in [2.05, 4.69) is 0 Å². The van der Waals surface area contributed by atoms with Crippen LogP contribution < -0.4 is 9.47 Å². The van der Waals surface area contributed by atoms with Crippen molar-refractivity contribution in [3.05, 3.63) is 23.3 Å². The van der Waals surface area contributed by atoms with E-state index in [-0.39, 0.29) is 5.78 Å². The highest BCUT2D eigenvalue weighted by Gasteiger charge is 2.20. The van der Waals surface area contributed by atoms with Gasteiger partial charge in [-0.2, -0.15) is 0 Å². The van der Waals surface area contributed by atoms with Gasteiger partial charge in [0.1, 0.15) is 0 Å². The van der Waals surface area contributed by atoms with Gasteiger partial charge in [-0.3, -0.25) is 4.79 Å². The summed E-state index contributed by atoms with van der Waals surface area (Å²) in [5.74, 6) is 2.10. The predicted molar refractivity (Wildman–Crippen MR) is 79.8 cm³/mol. The van der Waals surface area contributed by atoms with Crippen LogP contribution in [0.25, 0.3) is 0 Å². The van der Waals surface area contributed by atoms with Gasteiger partial charge >= 0.3 is 0 Å². The second-order valence-electron chi connectivity index (χ2n) is 5.65. The number of hydrogen-bond donors (Lipinski definition) is 0. The molecule has 0 unspecified atom stereocenters. The van der Waals surface area contributed by atoms with Gasteiger partial charge in [-0.1, -0.05) is 32.1 Å². The molecule has 1 aliphatic carbocycles. The van der Waals surface area contributed by atoms with E-state index in [1.54, 1.807) is 14.2 Å². The minimum Gasteiger partial charge on any atom is -0.493 e. The molecule has 1 saturated carbocycles. The van der Waals surface area contributed by atoms with Crippen LogP contribution in [0.2, 0.25) is 0 Å². The summed E-state index contributed by atoms with van der Waals surface area (Å²) in [4.78, 5) is 12.5. The molecule has 0 saturated heterocycles. The number of carbonyl (C=O) groups excluding carboxylic acids is 1. The lowest BCUT2D eigenvalue weighted by atomic mass is 9.84. The normalized spacial score (nSPS) is 15.9. The van der Waals surface area contributed by atoms with Gasteiger partial charge in [0.25, 0.3) is 0 Å². The molecule has 1 aliphatic rings. The molecule has 3 heteroatoms. The lowest BCUT2D eigenvalue weighted by Gasteiger charge is -2.21. The van der Waals surface area contributed by atoms with Crippen LogP contribution in [0.5, 0.6) is 11.5 Å². The predicted octanol–water partition coefficient (Wildman–Crippen LogP) is 4.17. The van der Waals surface area contributed by atoms with Gasteiger partial charge in [-0.15, -0.1) is 0 Å². The smallest absolute Gasteiger partial charge is 0.163 e. The maximum atomic E-state index is 12.5. The fourth-order valence-electron chi connectivity index (χ4n) is 3.04. The van der Waals surface area contributed by atoms with Crippen molar-refractivity contribution in [3.63, 3.8) is 0 Å². The molecule has 1 fully saturated rings. The monoisotopic (exact) mass is 276 g/mol. The van der Waals surface area contributed by atoms with Gasteiger partial charge in [0, 0.05) is 12.0 Å². The number of aryl methyl sites for hydroxylation is 1. The van der Waals surface area contributed by atoms with Crippen molar-refractivity contribution in [1.29, 1.82) is 0 Å². The van der Waals surface area contributed by atoms with Crippen molar-refractivity contribution in [2.45, 2.75) is 45.4 Å². The molecule has 0 aromatic heterocycles. The molecule has 20 heavy (non-hydrogen) atoms. The average Bonchev–Trinajstić information content (AvgIpc) is 2.47. The molecular weight excluding hydrogens is 252 g/mol. The lowest BCUT2D eigenvalue weighted by Crippen LogP contribution is -2.13. The van der Waals surface area contributed by atoms with Crippen LogP contribution in [0.3, 0.4) is 0 Å². The fourth-order valence-corrected chi connectivity index (χ4v) is 3.04. The van der Waals surface area contributed by atoms with Gasteiger partial charge in [-0.25, -0.2) is 0 Å². The van der Waals surface area contributed by atoms with Crippen LogP contribution in [0.1, 0.15) is 54.4 Å². The summed E-state index contributed by atoms with van der Waals surface area (Å²) in [6.07, 6.45) is 6.90. The van der Waals surface area contributed by atoms with Gasteiger partial charge in [0.05, 0.1) is 14.2 Å². The molecule has 0 bridgehead atoms. The van der Waals surface area contributed by atoms with E-state index in [0.717, 1.165) is 11.1 Å². The third-order valence-corrected chi connectivity index (χ3v) is 4.23.